The molecule has 2 atom stereocenters. The van der Waals surface area contributed by atoms with Crippen molar-refractivity contribution in [3.05, 3.63) is 68.2 Å². The van der Waals surface area contributed by atoms with Crippen LogP contribution in [-0.2, 0) is 26.7 Å². The van der Waals surface area contributed by atoms with Gasteiger partial charge >= 0.3 is 6.18 Å². The van der Waals surface area contributed by atoms with Crippen molar-refractivity contribution in [2.45, 2.75) is 50.1 Å². The Morgan fingerprint density at radius 3 is 2.29 bits per heavy atom. The Morgan fingerprint density at radius 2 is 1.80 bits per heavy atom. The van der Waals surface area contributed by atoms with Gasteiger partial charge < -0.3 is 10.6 Å². The first-order valence-electron chi connectivity index (χ1n) is 10.6. The first-order chi connectivity index (χ1) is 16.1. The molecule has 1 heterocycles. The normalized spacial score (nSPS) is 20.5. The number of hydrogen-bond donors (Lipinski definition) is 1. The maximum Gasteiger partial charge on any atom is 0.437 e. The molecule has 0 aromatic heterocycles. The van der Waals surface area contributed by atoms with Gasteiger partial charge in [0, 0.05) is 33.0 Å². The Labute approximate surface area is 211 Å². The molecule has 0 radical (unpaired) electrons. The van der Waals surface area contributed by atoms with Gasteiger partial charge in [-0.05, 0) is 55.2 Å². The second-order valence-corrected chi connectivity index (χ2v) is 11.4. The molecule has 2 N–H and O–H groups in total. The van der Waals surface area contributed by atoms with Crippen molar-refractivity contribution >= 4 is 44.7 Å². The van der Waals surface area contributed by atoms with E-state index in [4.69, 9.17) is 33.8 Å². The molecule has 12 heteroatoms. The summed E-state index contributed by atoms with van der Waals surface area (Å²) in [5.74, 6) is -0.714. The highest BCUT2D eigenvalue weighted by molar-refractivity contribution is 7.92. The highest BCUT2D eigenvalue weighted by Crippen LogP contribution is 2.52. The highest BCUT2D eigenvalue weighted by Gasteiger charge is 2.71. The minimum atomic E-state index is -5.23. The summed E-state index contributed by atoms with van der Waals surface area (Å²) in [4.78, 5) is 16.9. The number of carbonyl (C=O) groups is 1. The smallest absolute Gasteiger partial charge is 0.372 e. The third kappa shape index (κ3) is 4.88. The van der Waals surface area contributed by atoms with E-state index < -0.39 is 44.0 Å². The maximum absolute atomic E-state index is 14.8. The minimum Gasteiger partial charge on any atom is -0.372 e. The molecule has 6 nitrogen and oxygen atoms in total. The predicted octanol–water partition coefficient (Wildman–Crippen LogP) is 5.35. The van der Waals surface area contributed by atoms with E-state index in [1.807, 2.05) is 6.92 Å². The highest BCUT2D eigenvalue weighted by atomic mass is 35.5. The topological polar surface area (TPSA) is 98.8 Å². The zero-order valence-corrected chi connectivity index (χ0v) is 21.4. The molecular weight excluding hydrogens is 528 g/mol. The van der Waals surface area contributed by atoms with E-state index in [0.717, 1.165) is 18.6 Å². The summed E-state index contributed by atoms with van der Waals surface area (Å²) in [5.41, 5.74) is 2.25. The molecule has 2 aromatic rings. The first-order valence-corrected chi connectivity index (χ1v) is 13.3. The maximum atomic E-state index is 14.8. The number of halogens is 5. The second kappa shape index (κ2) is 9.63. The Hall–Kier alpha value is -2.30. The molecule has 1 amide bonds. The number of unbranched alkanes of at least 4 members (excludes halogenated alkanes) is 1. The lowest BCUT2D eigenvalue weighted by Crippen LogP contribution is -2.55. The molecule has 0 saturated heterocycles. The molecule has 0 bridgehead atoms. The van der Waals surface area contributed by atoms with Crippen LogP contribution in [0.1, 0.15) is 52.4 Å². The van der Waals surface area contributed by atoms with Crippen molar-refractivity contribution in [1.82, 2.24) is 0 Å². The molecule has 0 spiro atoms. The zero-order chi connectivity index (χ0) is 26.3. The van der Waals surface area contributed by atoms with E-state index in [1.54, 1.807) is 6.92 Å². The van der Waals surface area contributed by atoms with Crippen LogP contribution in [0.5, 0.6) is 0 Å². The minimum absolute atomic E-state index is 0.134. The fraction of sp³-hybridized carbons (Fsp3) is 0.391. The summed E-state index contributed by atoms with van der Waals surface area (Å²) < 4.78 is 70.3. The average Bonchev–Trinajstić information content (AvgIpc) is 3.14. The van der Waals surface area contributed by atoms with Crippen LogP contribution in [-0.4, -0.2) is 37.7 Å². The molecule has 190 valence electrons. The number of sulfone groups is 1. The predicted molar refractivity (Wildman–Crippen MR) is 129 cm³/mol. The van der Waals surface area contributed by atoms with Crippen LogP contribution in [0, 0.1) is 6.92 Å². The molecule has 3 rings (SSSR count). The number of rotatable bonds is 7. The summed E-state index contributed by atoms with van der Waals surface area (Å²) in [6.45, 7) is 3.52. The van der Waals surface area contributed by atoms with Gasteiger partial charge in [-0.3, -0.25) is 4.79 Å². The van der Waals surface area contributed by atoms with Crippen molar-refractivity contribution < 1.29 is 31.2 Å². The monoisotopic (exact) mass is 550 g/mol. The number of nitrogens with two attached hydrogens (primary N) is 1. The van der Waals surface area contributed by atoms with Crippen LogP contribution in [0.4, 0.5) is 13.2 Å². The molecule has 2 aromatic carbocycles. The average molecular weight is 551 g/mol. The van der Waals surface area contributed by atoms with Crippen molar-refractivity contribution in [2.24, 2.45) is 10.9 Å². The van der Waals surface area contributed by atoms with Gasteiger partial charge in [0.2, 0.25) is 5.91 Å². The summed E-state index contributed by atoms with van der Waals surface area (Å²) >= 11 is 11.9. The van der Waals surface area contributed by atoms with Crippen LogP contribution in [0.3, 0.4) is 0 Å². The van der Waals surface area contributed by atoms with Gasteiger partial charge in [0.15, 0.2) is 15.1 Å². The Morgan fingerprint density at radius 1 is 1.20 bits per heavy atom. The van der Waals surface area contributed by atoms with Crippen molar-refractivity contribution in [1.29, 1.82) is 0 Å². The second-order valence-electron chi connectivity index (χ2n) is 8.40. The molecule has 1 aliphatic heterocycles. The first kappa shape index (κ1) is 27.3. The van der Waals surface area contributed by atoms with Gasteiger partial charge in [-0.25, -0.2) is 8.42 Å². The fourth-order valence-corrected chi connectivity index (χ4v) is 6.40. The van der Waals surface area contributed by atoms with Crippen LogP contribution < -0.4 is 5.73 Å². The number of amides is 1. The standard InChI is InChI=1S/C23H23Cl2F3N2O4S/c1-4-5-6-16-12(2)17(21(29)31)7-8-18(16)19-20(35(3,32)33)22(34-30-19,23(26,27)28)13-9-14(24)11-15(25)10-13/h7-11,20H,4-6H2,1-3H3,(H2,29,31). The van der Waals surface area contributed by atoms with E-state index >= 15 is 0 Å². The molecule has 0 aliphatic carbocycles. The lowest BCUT2D eigenvalue weighted by atomic mass is 9.83. The van der Waals surface area contributed by atoms with Gasteiger partial charge in [0.1, 0.15) is 5.71 Å². The third-order valence-electron chi connectivity index (χ3n) is 5.97. The largest absolute Gasteiger partial charge is 0.437 e. The third-order valence-corrected chi connectivity index (χ3v) is 7.81. The van der Waals surface area contributed by atoms with Crippen molar-refractivity contribution in [2.75, 3.05) is 6.26 Å². The molecule has 2 unspecified atom stereocenters. The van der Waals surface area contributed by atoms with Crippen molar-refractivity contribution in [3.63, 3.8) is 0 Å². The summed E-state index contributed by atoms with van der Waals surface area (Å²) in [7, 11) is -4.49. The van der Waals surface area contributed by atoms with E-state index in [-0.39, 0.29) is 21.2 Å². The number of oxime groups is 1. The van der Waals surface area contributed by atoms with Gasteiger partial charge in [0.25, 0.3) is 5.60 Å². The molecular formula is C23H23Cl2F3N2O4S. The summed E-state index contributed by atoms with van der Waals surface area (Å²) in [5, 5.41) is 1.17. The number of carbonyl (C=O) groups excluding carboxylic acids is 1. The van der Waals surface area contributed by atoms with Crippen LogP contribution in [0.15, 0.2) is 35.5 Å². The van der Waals surface area contributed by atoms with E-state index in [9.17, 15) is 26.4 Å². The Kier molecular flexibility index (Phi) is 7.51. The SMILES string of the molecule is CCCCc1c(C2=NOC(c3cc(Cl)cc(Cl)c3)(C(F)(F)F)C2S(C)(=O)=O)ccc(C(N)=O)c1C. The van der Waals surface area contributed by atoms with Crippen molar-refractivity contribution in [3.8, 4) is 0 Å². The van der Waals surface area contributed by atoms with Gasteiger partial charge in [-0.15, -0.1) is 0 Å². The lowest BCUT2D eigenvalue weighted by Gasteiger charge is -2.34. The van der Waals surface area contributed by atoms with E-state index in [2.05, 4.69) is 5.16 Å². The number of benzene rings is 2. The zero-order valence-electron chi connectivity index (χ0n) is 19.0. The van der Waals surface area contributed by atoms with E-state index in [1.165, 1.54) is 18.2 Å². The molecule has 35 heavy (non-hydrogen) atoms. The lowest BCUT2D eigenvalue weighted by molar-refractivity contribution is -0.274. The van der Waals surface area contributed by atoms with Gasteiger partial charge in [0.05, 0.1) is 0 Å². The van der Waals surface area contributed by atoms with Crippen LogP contribution in [0.2, 0.25) is 10.0 Å². The molecule has 0 fully saturated rings. The van der Waals surface area contributed by atoms with Crippen LogP contribution >= 0.6 is 23.2 Å². The number of alkyl halides is 3. The molecule has 0 saturated carbocycles. The summed E-state index contributed by atoms with van der Waals surface area (Å²) in [6, 6.07) is 5.83. The molecule has 1 aliphatic rings. The quantitative estimate of drug-likeness (QED) is 0.502. The number of nitrogens with zero attached hydrogens (tertiary/aromatic N) is 1. The Bertz CT molecular complexity index is 1290. The summed E-state index contributed by atoms with van der Waals surface area (Å²) in [6.07, 6.45) is -2.82. The van der Waals surface area contributed by atoms with Gasteiger partial charge in [-0.1, -0.05) is 47.8 Å². The fourth-order valence-electron chi connectivity index (χ4n) is 4.38. The number of primary amides is 1. The van der Waals surface area contributed by atoms with E-state index in [0.29, 0.717) is 30.2 Å². The van der Waals surface area contributed by atoms with Gasteiger partial charge in [-0.2, -0.15) is 13.2 Å². The Balaban J connectivity index is 2.35. The van der Waals surface area contributed by atoms with Crippen LogP contribution in [0.25, 0.3) is 0 Å². The number of hydrogen-bond acceptors (Lipinski definition) is 5.